The zero-order valence-corrected chi connectivity index (χ0v) is 5.74. The maximum absolute atomic E-state index is 10.1. The molecule has 0 aromatic rings. The molecule has 0 rings (SSSR count). The minimum atomic E-state index is -0.906. The number of aliphatic hydroxyl groups is 1. The minimum absolute atomic E-state index is 0.152. The lowest BCUT2D eigenvalue weighted by Gasteiger charge is -2.11. The first-order chi connectivity index (χ1) is 4.70. The zero-order valence-electron chi connectivity index (χ0n) is 5.74. The Morgan fingerprint density at radius 1 is 1.80 bits per heavy atom. The van der Waals surface area contributed by atoms with Crippen LogP contribution < -0.4 is 5.73 Å². The van der Waals surface area contributed by atoms with Crippen molar-refractivity contribution < 1.29 is 19.4 Å². The van der Waals surface area contributed by atoms with E-state index in [9.17, 15) is 4.79 Å². The van der Waals surface area contributed by atoms with Crippen LogP contribution in [-0.2, 0) is 9.47 Å². The second kappa shape index (κ2) is 5.01. The molecule has 0 aliphatic rings. The van der Waals surface area contributed by atoms with E-state index in [2.05, 4.69) is 15.2 Å². The Balaban J connectivity index is 3.49. The number of hydrogen-bond acceptors (Lipinski definition) is 4. The number of methoxy groups -OCH3 is 1. The van der Waals surface area contributed by atoms with Gasteiger partial charge in [0.2, 0.25) is 0 Å². The molecule has 60 valence electrons. The molecular formula is C5H11NO4. The summed E-state index contributed by atoms with van der Waals surface area (Å²) in [5.74, 6) is 0. The summed E-state index contributed by atoms with van der Waals surface area (Å²) in [6.07, 6.45) is -1.56. The fraction of sp³-hybridized carbons (Fsp3) is 0.800. The molecule has 5 heteroatoms. The van der Waals surface area contributed by atoms with Crippen LogP contribution in [0.4, 0.5) is 4.79 Å². The highest BCUT2D eigenvalue weighted by Crippen LogP contribution is 1.90. The third-order valence-corrected chi connectivity index (χ3v) is 0.839. The molecule has 0 saturated heterocycles. The number of carbonyl (C=O) groups is 1. The van der Waals surface area contributed by atoms with E-state index in [1.54, 1.807) is 0 Å². The predicted octanol–water partition coefficient (Wildman–Crippen LogP) is -0.911. The summed E-state index contributed by atoms with van der Waals surface area (Å²) in [5, 5.41) is 8.49. The van der Waals surface area contributed by atoms with Gasteiger partial charge in [-0.1, -0.05) is 0 Å². The van der Waals surface area contributed by atoms with E-state index in [4.69, 9.17) is 5.11 Å². The third-order valence-electron chi connectivity index (χ3n) is 0.839. The molecule has 0 fully saturated rings. The number of rotatable bonds is 4. The van der Waals surface area contributed by atoms with Crippen LogP contribution in [0, 0.1) is 0 Å². The van der Waals surface area contributed by atoms with E-state index in [1.807, 2.05) is 0 Å². The Kier molecular flexibility index (Phi) is 4.61. The van der Waals surface area contributed by atoms with E-state index in [0.29, 0.717) is 0 Å². The average molecular weight is 149 g/mol. The number of amides is 1. The van der Waals surface area contributed by atoms with Crippen molar-refractivity contribution in [1.82, 2.24) is 0 Å². The standard InChI is InChI=1S/C5H11NO4/c1-9-3-4(2-7)10-5(6)8/h4,7H,2-3H2,1H3,(H2,6,8). The summed E-state index contributed by atoms with van der Waals surface area (Å²) in [6.45, 7) is -0.129. The molecule has 0 saturated carbocycles. The van der Waals surface area contributed by atoms with Crippen LogP contribution in [0.3, 0.4) is 0 Å². The largest absolute Gasteiger partial charge is 0.441 e. The van der Waals surface area contributed by atoms with Gasteiger partial charge >= 0.3 is 6.09 Å². The minimum Gasteiger partial charge on any atom is -0.441 e. The molecule has 1 unspecified atom stereocenters. The third kappa shape index (κ3) is 4.11. The van der Waals surface area contributed by atoms with Gasteiger partial charge in [0.05, 0.1) is 13.2 Å². The summed E-state index contributed by atoms with van der Waals surface area (Å²) in [6, 6.07) is 0. The van der Waals surface area contributed by atoms with Crippen molar-refractivity contribution >= 4 is 6.09 Å². The highest BCUT2D eigenvalue weighted by Gasteiger charge is 2.09. The quantitative estimate of drug-likeness (QED) is 0.542. The lowest BCUT2D eigenvalue weighted by Crippen LogP contribution is -2.29. The number of carbonyl (C=O) groups excluding carboxylic acids is 1. The molecule has 0 aliphatic heterocycles. The fourth-order valence-electron chi connectivity index (χ4n) is 0.474. The van der Waals surface area contributed by atoms with Gasteiger partial charge in [0, 0.05) is 7.11 Å². The summed E-state index contributed by atoms with van der Waals surface area (Å²) in [7, 11) is 1.44. The summed E-state index contributed by atoms with van der Waals surface area (Å²) < 4.78 is 9.01. The number of ether oxygens (including phenoxy) is 2. The maximum atomic E-state index is 10.1. The van der Waals surface area contributed by atoms with Crippen LogP contribution in [0.15, 0.2) is 0 Å². The average Bonchev–Trinajstić information content (AvgIpc) is 1.86. The topological polar surface area (TPSA) is 81.8 Å². The SMILES string of the molecule is COCC(CO)OC(N)=O. The molecule has 5 nitrogen and oxygen atoms in total. The van der Waals surface area contributed by atoms with Gasteiger partial charge in [0.1, 0.15) is 6.10 Å². The normalized spacial score (nSPS) is 12.6. The van der Waals surface area contributed by atoms with E-state index < -0.39 is 12.2 Å². The maximum Gasteiger partial charge on any atom is 0.404 e. The van der Waals surface area contributed by atoms with E-state index in [0.717, 1.165) is 0 Å². The van der Waals surface area contributed by atoms with Gasteiger partial charge in [-0.05, 0) is 0 Å². The molecule has 10 heavy (non-hydrogen) atoms. The second-order valence-corrected chi connectivity index (χ2v) is 1.70. The first-order valence-electron chi connectivity index (χ1n) is 2.76. The molecule has 1 amide bonds. The Morgan fingerprint density at radius 3 is 2.70 bits per heavy atom. The molecule has 0 spiro atoms. The summed E-state index contributed by atoms with van der Waals surface area (Å²) >= 11 is 0. The molecule has 0 bridgehead atoms. The van der Waals surface area contributed by atoms with Crippen molar-refractivity contribution in [1.29, 1.82) is 0 Å². The predicted molar refractivity (Wildman–Crippen MR) is 33.4 cm³/mol. The number of nitrogens with two attached hydrogens (primary N) is 1. The van der Waals surface area contributed by atoms with Crippen molar-refractivity contribution in [2.75, 3.05) is 20.3 Å². The molecule has 0 heterocycles. The monoisotopic (exact) mass is 149 g/mol. The van der Waals surface area contributed by atoms with Crippen molar-refractivity contribution in [3.8, 4) is 0 Å². The van der Waals surface area contributed by atoms with Crippen LogP contribution in [0.5, 0.6) is 0 Å². The summed E-state index contributed by atoms with van der Waals surface area (Å²) in [5.41, 5.74) is 4.67. The van der Waals surface area contributed by atoms with E-state index >= 15 is 0 Å². The van der Waals surface area contributed by atoms with Crippen molar-refractivity contribution in [3.63, 3.8) is 0 Å². The lowest BCUT2D eigenvalue weighted by molar-refractivity contribution is 0.0117. The highest BCUT2D eigenvalue weighted by atomic mass is 16.6. The summed E-state index contributed by atoms with van der Waals surface area (Å²) in [4.78, 5) is 10.1. The first kappa shape index (κ1) is 9.19. The van der Waals surface area contributed by atoms with Crippen molar-refractivity contribution in [2.45, 2.75) is 6.10 Å². The van der Waals surface area contributed by atoms with Crippen LogP contribution in [0.1, 0.15) is 0 Å². The van der Waals surface area contributed by atoms with Gasteiger partial charge in [0.15, 0.2) is 0 Å². The molecular weight excluding hydrogens is 138 g/mol. The van der Waals surface area contributed by atoms with Gasteiger partial charge in [-0.25, -0.2) is 4.79 Å². The van der Waals surface area contributed by atoms with Crippen molar-refractivity contribution in [3.05, 3.63) is 0 Å². The van der Waals surface area contributed by atoms with Crippen LogP contribution in [0.25, 0.3) is 0 Å². The van der Waals surface area contributed by atoms with Gasteiger partial charge in [0.25, 0.3) is 0 Å². The van der Waals surface area contributed by atoms with Gasteiger partial charge in [-0.15, -0.1) is 0 Å². The zero-order chi connectivity index (χ0) is 7.98. The molecule has 3 N–H and O–H groups in total. The number of primary amides is 1. The first-order valence-corrected chi connectivity index (χ1v) is 2.76. The second-order valence-electron chi connectivity index (χ2n) is 1.70. The van der Waals surface area contributed by atoms with Crippen molar-refractivity contribution in [2.24, 2.45) is 5.73 Å². The Bertz CT molecular complexity index is 106. The highest BCUT2D eigenvalue weighted by molar-refractivity contribution is 5.64. The number of hydrogen-bond donors (Lipinski definition) is 2. The lowest BCUT2D eigenvalue weighted by atomic mass is 10.4. The van der Waals surface area contributed by atoms with Gasteiger partial charge < -0.3 is 20.3 Å². The van der Waals surface area contributed by atoms with E-state index in [-0.39, 0.29) is 13.2 Å². The van der Waals surface area contributed by atoms with Gasteiger partial charge in [-0.3, -0.25) is 0 Å². The Morgan fingerprint density at radius 2 is 2.40 bits per heavy atom. The molecule has 1 atom stereocenters. The molecule has 0 aliphatic carbocycles. The molecule has 0 aromatic heterocycles. The Labute approximate surface area is 58.7 Å². The fourth-order valence-corrected chi connectivity index (χ4v) is 0.474. The number of aliphatic hydroxyl groups excluding tert-OH is 1. The van der Waals surface area contributed by atoms with Crippen LogP contribution in [-0.4, -0.2) is 37.6 Å². The molecule has 0 radical (unpaired) electrons. The molecule has 0 aromatic carbocycles. The van der Waals surface area contributed by atoms with Crippen LogP contribution in [0.2, 0.25) is 0 Å². The smallest absolute Gasteiger partial charge is 0.404 e. The Hall–Kier alpha value is -0.810. The van der Waals surface area contributed by atoms with E-state index in [1.165, 1.54) is 7.11 Å². The van der Waals surface area contributed by atoms with Gasteiger partial charge in [-0.2, -0.15) is 0 Å². The van der Waals surface area contributed by atoms with Crippen LogP contribution >= 0.6 is 0 Å².